The molecule has 0 heterocycles. The van der Waals surface area contributed by atoms with E-state index in [-0.39, 0.29) is 10.2 Å². The summed E-state index contributed by atoms with van der Waals surface area (Å²) in [6.07, 6.45) is 0. The molecule has 7 heteroatoms. The van der Waals surface area contributed by atoms with E-state index in [0.29, 0.717) is 0 Å². The summed E-state index contributed by atoms with van der Waals surface area (Å²) in [6.45, 7) is 0. The van der Waals surface area contributed by atoms with Gasteiger partial charge in [0.1, 0.15) is 0 Å². The van der Waals surface area contributed by atoms with Crippen LogP contribution in [0.25, 0.3) is 0 Å². The quantitative estimate of drug-likeness (QED) is 0.388. The molecule has 0 aromatic heterocycles. The zero-order valence-corrected chi connectivity index (χ0v) is 7.35. The van der Waals surface area contributed by atoms with Gasteiger partial charge in [0.15, 0.2) is 4.87 Å². The number of carbonyl (C=O) groups is 1. The van der Waals surface area contributed by atoms with Crippen molar-refractivity contribution in [1.29, 1.82) is 0 Å². The van der Waals surface area contributed by atoms with Crippen molar-refractivity contribution in [3.05, 3.63) is 0 Å². The molecule has 0 spiro atoms. The molecule has 0 amide bonds. The first kappa shape index (κ1) is 8.57. The molecule has 0 aromatic carbocycles. The first-order chi connectivity index (χ1) is 3.85. The fourth-order valence-corrected chi connectivity index (χ4v) is 0.361. The van der Waals surface area contributed by atoms with Crippen LogP contribution in [0, 0.1) is 0 Å². The van der Waals surface area contributed by atoms with Gasteiger partial charge in [0.2, 0.25) is 0 Å². The Morgan fingerprint density at radius 1 is 1.67 bits per heavy atom. The van der Waals surface area contributed by atoms with Crippen LogP contribution in [0.3, 0.4) is 0 Å². The third kappa shape index (κ3) is 2.56. The monoisotopic (exact) mass is 172 g/mol. The molecular weight excluding hydrogens is 167 g/mol. The van der Waals surface area contributed by atoms with Gasteiger partial charge in [0.05, 0.1) is 0 Å². The molecule has 0 radical (unpaired) electrons. The minimum absolute atomic E-state index is 0.230. The van der Waals surface area contributed by atoms with E-state index in [1.165, 1.54) is 0 Å². The first-order valence-electron chi connectivity index (χ1n) is 2.02. The van der Waals surface area contributed by atoms with Crippen molar-refractivity contribution in [2.24, 2.45) is 0 Å². The third-order valence-corrected chi connectivity index (χ3v) is 4.00. The molecule has 54 valence electrons. The van der Waals surface area contributed by atoms with Crippen molar-refractivity contribution in [3.8, 4) is 0 Å². The molecule has 0 aliphatic heterocycles. The molecule has 4 nitrogen and oxygen atoms in total. The number of carboxylic acid groups (broad SMARTS) is 1. The van der Waals surface area contributed by atoms with Gasteiger partial charge in [-0.3, -0.25) is 4.79 Å². The molecular formula is C2H5FO4SSi. The normalized spacial score (nSPS) is 15.2. The molecule has 9 heavy (non-hydrogen) atoms. The van der Waals surface area contributed by atoms with E-state index in [1.54, 1.807) is 0 Å². The van der Waals surface area contributed by atoms with Crippen molar-refractivity contribution in [3.63, 3.8) is 0 Å². The summed E-state index contributed by atoms with van der Waals surface area (Å²) < 4.78 is 31.2. The summed E-state index contributed by atoms with van der Waals surface area (Å²) in [5.74, 6) is -1.62. The van der Waals surface area contributed by atoms with Gasteiger partial charge in [-0.05, 0) is 0 Å². The van der Waals surface area contributed by atoms with E-state index >= 15 is 0 Å². The largest absolute Gasteiger partial charge is 0.480 e. The minimum atomic E-state index is -4.84. The Balaban J connectivity index is 4.43. The van der Waals surface area contributed by atoms with Crippen molar-refractivity contribution >= 4 is 26.4 Å². The molecule has 0 aliphatic rings. The summed E-state index contributed by atoms with van der Waals surface area (Å²) >= 11 is 0. The average molecular weight is 172 g/mol. The van der Waals surface area contributed by atoms with E-state index in [1.807, 2.05) is 0 Å². The highest BCUT2D eigenvalue weighted by molar-refractivity contribution is 7.89. The number of rotatable bonds is 2. The van der Waals surface area contributed by atoms with Gasteiger partial charge < -0.3 is 5.11 Å². The third-order valence-electron chi connectivity index (χ3n) is 0.770. The van der Waals surface area contributed by atoms with E-state index in [9.17, 15) is 17.1 Å². The van der Waals surface area contributed by atoms with E-state index < -0.39 is 21.1 Å². The minimum Gasteiger partial charge on any atom is -0.480 e. The van der Waals surface area contributed by atoms with Gasteiger partial charge in [-0.15, -0.1) is 3.89 Å². The molecule has 0 rings (SSSR count). The molecule has 0 fully saturated rings. The lowest BCUT2D eigenvalue weighted by Crippen LogP contribution is -2.26. The second-order valence-corrected chi connectivity index (χ2v) is 5.11. The van der Waals surface area contributed by atoms with Crippen LogP contribution in [0.5, 0.6) is 0 Å². The number of carboxylic acids is 1. The van der Waals surface area contributed by atoms with Crippen LogP contribution in [-0.4, -0.2) is 34.6 Å². The van der Waals surface area contributed by atoms with E-state index in [0.717, 1.165) is 0 Å². The summed E-state index contributed by atoms with van der Waals surface area (Å²) in [6, 6.07) is 0. The van der Waals surface area contributed by atoms with Crippen LogP contribution < -0.4 is 0 Å². The summed E-state index contributed by atoms with van der Waals surface area (Å²) in [7, 11) is -5.07. The summed E-state index contributed by atoms with van der Waals surface area (Å²) in [5, 5.41) is 7.93. The zero-order chi connectivity index (χ0) is 7.65. The highest BCUT2D eigenvalue weighted by Gasteiger charge is 2.26. The van der Waals surface area contributed by atoms with Crippen LogP contribution in [-0.2, 0) is 15.0 Å². The maximum Gasteiger partial charge on any atom is 0.320 e. The second-order valence-electron chi connectivity index (χ2n) is 1.46. The maximum absolute atomic E-state index is 11.7. The number of hydrogen-bond acceptors (Lipinski definition) is 3. The molecule has 0 aliphatic carbocycles. The van der Waals surface area contributed by atoms with Gasteiger partial charge in [0.25, 0.3) is 0 Å². The number of halogens is 1. The van der Waals surface area contributed by atoms with Gasteiger partial charge >= 0.3 is 16.2 Å². The molecule has 0 bridgehead atoms. The van der Waals surface area contributed by atoms with Crippen molar-refractivity contribution in [2.45, 2.75) is 4.87 Å². The lowest BCUT2D eigenvalue weighted by molar-refractivity contribution is -0.135. The highest BCUT2D eigenvalue weighted by atomic mass is 32.3. The van der Waals surface area contributed by atoms with Gasteiger partial charge in [0, 0.05) is 10.2 Å². The molecule has 0 saturated heterocycles. The van der Waals surface area contributed by atoms with Crippen molar-refractivity contribution < 1.29 is 22.2 Å². The Morgan fingerprint density at radius 3 is 2.00 bits per heavy atom. The predicted molar refractivity (Wildman–Crippen MR) is 31.4 cm³/mol. The van der Waals surface area contributed by atoms with E-state index in [4.69, 9.17) is 5.11 Å². The SMILES string of the molecule is O=C(O)C([SiH3])S(=O)(=O)F. The topological polar surface area (TPSA) is 71.4 Å². The summed E-state index contributed by atoms with van der Waals surface area (Å²) in [5.41, 5.74) is 0. The average Bonchev–Trinajstić information content (AvgIpc) is 1.62. The molecule has 1 N–H and O–H groups in total. The number of aliphatic carboxylic acids is 1. The number of hydrogen-bond donors (Lipinski definition) is 1. The predicted octanol–water partition coefficient (Wildman–Crippen LogP) is -1.94. The first-order valence-corrected chi connectivity index (χ1v) is 4.62. The fraction of sp³-hybridized carbons (Fsp3) is 0.500. The second kappa shape index (κ2) is 2.44. The van der Waals surface area contributed by atoms with Crippen LogP contribution in [0.1, 0.15) is 0 Å². The van der Waals surface area contributed by atoms with Gasteiger partial charge in [-0.1, -0.05) is 0 Å². The molecule has 1 unspecified atom stereocenters. The van der Waals surface area contributed by atoms with Crippen LogP contribution in [0.2, 0.25) is 0 Å². The molecule has 1 atom stereocenters. The Morgan fingerprint density at radius 2 is 2.00 bits per heavy atom. The molecule has 0 aromatic rings. The Hall–Kier alpha value is -0.433. The fourth-order valence-electron chi connectivity index (χ4n) is 0.120. The van der Waals surface area contributed by atoms with Crippen LogP contribution >= 0.6 is 0 Å². The van der Waals surface area contributed by atoms with E-state index in [2.05, 4.69) is 0 Å². The van der Waals surface area contributed by atoms with Gasteiger partial charge in [-0.2, -0.15) is 8.42 Å². The lowest BCUT2D eigenvalue weighted by atomic mass is 10.8. The zero-order valence-electron chi connectivity index (χ0n) is 4.54. The Labute approximate surface area is 54.3 Å². The Kier molecular flexibility index (Phi) is 2.32. The smallest absolute Gasteiger partial charge is 0.320 e. The van der Waals surface area contributed by atoms with Crippen LogP contribution in [0.15, 0.2) is 0 Å². The van der Waals surface area contributed by atoms with Crippen molar-refractivity contribution in [2.75, 3.05) is 0 Å². The maximum atomic E-state index is 11.7. The molecule has 0 saturated carbocycles. The van der Waals surface area contributed by atoms with Crippen molar-refractivity contribution in [1.82, 2.24) is 0 Å². The summed E-state index contributed by atoms with van der Waals surface area (Å²) in [4.78, 5) is 7.94. The standard InChI is InChI=1S/C2H5FO4SSi/c3-8(6,7)2(9)1(4)5/h2H,9H3,(H,4,5). The lowest BCUT2D eigenvalue weighted by Gasteiger charge is -1.96. The highest BCUT2D eigenvalue weighted by Crippen LogP contribution is 1.98. The Bertz CT molecular complexity index is 209. The van der Waals surface area contributed by atoms with Gasteiger partial charge in [-0.25, -0.2) is 0 Å². The van der Waals surface area contributed by atoms with Crippen LogP contribution in [0.4, 0.5) is 3.89 Å².